The van der Waals surface area contributed by atoms with Crippen LogP contribution >= 0.6 is 45.1 Å². The third-order valence-electron chi connectivity index (χ3n) is 15.3. The summed E-state index contributed by atoms with van der Waals surface area (Å²) >= 11 is 1.52. The van der Waals surface area contributed by atoms with Crippen LogP contribution in [0, 0.1) is 17.8 Å². The first-order valence-corrected chi connectivity index (χ1v) is 37.9. The fraction of sp³-hybridized carbons (Fsp3) is 0.792. The van der Waals surface area contributed by atoms with Crippen molar-refractivity contribution in [1.29, 1.82) is 0 Å². The van der Waals surface area contributed by atoms with Crippen LogP contribution in [0.1, 0.15) is 139 Å². The second kappa shape index (κ2) is 39.3. The van der Waals surface area contributed by atoms with E-state index in [4.69, 9.17) is 15.5 Å². The quantitative estimate of drug-likeness (QED) is 0.0183. The van der Waals surface area contributed by atoms with Crippen LogP contribution in [0.5, 0.6) is 0 Å². The Morgan fingerprint density at radius 2 is 1.27 bits per heavy atom. The number of nitrogens with one attached hydrogen (secondary N) is 9. The molecule has 0 aromatic carbocycles. The lowest BCUT2D eigenvalue weighted by molar-refractivity contribution is -0.142. The fourth-order valence-corrected chi connectivity index (χ4v) is 14.4. The van der Waals surface area contributed by atoms with Crippen molar-refractivity contribution in [3.63, 3.8) is 0 Å². The lowest BCUT2D eigenvalue weighted by atomic mass is 9.97. The van der Waals surface area contributed by atoms with E-state index >= 15 is 0 Å². The van der Waals surface area contributed by atoms with E-state index in [2.05, 4.69) is 47.9 Å². The van der Waals surface area contributed by atoms with Crippen molar-refractivity contribution in [2.45, 2.75) is 191 Å². The number of likely N-dealkylation sites (tertiary alicyclic amines) is 2. The van der Waals surface area contributed by atoms with Gasteiger partial charge in [-0.15, -0.1) is 11.8 Å². The van der Waals surface area contributed by atoms with E-state index in [1.54, 1.807) is 27.7 Å². The minimum Gasteiger partial charge on any atom is -0.368 e. The topological polar surface area (TPSA) is 521 Å². The lowest BCUT2D eigenvalue weighted by Gasteiger charge is -2.30. The number of nitrogens with two attached hydrogens (primary N) is 1. The summed E-state index contributed by atoms with van der Waals surface area (Å²) in [6.45, 7) is 9.82. The van der Waals surface area contributed by atoms with E-state index in [9.17, 15) is 91.1 Å². The fourth-order valence-electron chi connectivity index (χ4n) is 9.52. The maximum absolute atomic E-state index is 13.9. The van der Waals surface area contributed by atoms with Crippen molar-refractivity contribution < 1.29 is 101 Å². The van der Waals surface area contributed by atoms with Crippen LogP contribution in [0.25, 0.3) is 0 Å². The van der Waals surface area contributed by atoms with Crippen molar-refractivity contribution in [3.05, 3.63) is 0 Å². The van der Waals surface area contributed by atoms with Gasteiger partial charge in [0.25, 0.3) is 5.08 Å². The molecule has 18 N–H and O–H groups in total. The largest absolute Gasteiger partial charge is 0.384 e. The zero-order valence-electron chi connectivity index (χ0n) is 52.9. The second-order valence-electron chi connectivity index (χ2n) is 23.2. The molecule has 2 rings (SSSR count). The third-order valence-corrected chi connectivity index (χ3v) is 22.8. The smallest absolute Gasteiger partial charge is 0.368 e. The molecule has 33 nitrogen and oxygen atoms in total. The summed E-state index contributed by atoms with van der Waals surface area (Å²) in [5, 5.41) is 29.5. The van der Waals surface area contributed by atoms with E-state index < -0.39 is 164 Å². The highest BCUT2D eigenvalue weighted by Gasteiger charge is 2.58. The number of thioether (sulfide) groups is 1. The highest BCUT2D eigenvalue weighted by molar-refractivity contribution is 8.54. The maximum atomic E-state index is 13.9. The van der Waals surface area contributed by atoms with Gasteiger partial charge in [-0.1, -0.05) is 60.8 Å². The number of amides is 11. The predicted molar refractivity (Wildman–Crippen MR) is 337 cm³/mol. The lowest BCUT2D eigenvalue weighted by Crippen LogP contribution is -2.59. The Labute approximate surface area is 538 Å². The maximum Gasteiger partial charge on any atom is 0.384 e. The molecule has 0 aliphatic carbocycles. The van der Waals surface area contributed by atoms with Crippen LogP contribution in [-0.4, -0.2) is 219 Å². The molecule has 0 spiro atoms. The molecule has 0 saturated carbocycles. The minimum absolute atomic E-state index is 0.00244. The molecule has 2 heterocycles. The molecule has 91 heavy (non-hydrogen) atoms. The average Bonchev–Trinajstić information content (AvgIpc) is 1.52. The number of unbranched alkanes of at least 4 members (excludes halogenated alkanes) is 2. The van der Waals surface area contributed by atoms with Crippen molar-refractivity contribution in [2.24, 2.45) is 23.5 Å². The number of hydrogen-bond donors (Lipinski definition) is 17. The molecule has 2 aliphatic rings. The first kappa shape index (κ1) is 82.5. The van der Waals surface area contributed by atoms with Gasteiger partial charge in [0.1, 0.15) is 36.3 Å². The van der Waals surface area contributed by atoms with Gasteiger partial charge in [-0.3, -0.25) is 66.8 Å². The van der Waals surface area contributed by atoms with E-state index in [1.807, 2.05) is 13.8 Å². The molecule has 2 aliphatic heterocycles. The van der Waals surface area contributed by atoms with Crippen LogP contribution < -0.4 is 53.6 Å². The van der Waals surface area contributed by atoms with Crippen LogP contribution in [0.15, 0.2) is 0 Å². The summed E-state index contributed by atoms with van der Waals surface area (Å²) in [7, 11) is -11.2. The van der Waals surface area contributed by atoms with Crippen LogP contribution in [0.2, 0.25) is 0 Å². The Kier molecular flexibility index (Phi) is 35.6. The summed E-state index contributed by atoms with van der Waals surface area (Å²) in [5.41, 5.74) is 6.17. The Hall–Kier alpha value is -4.60. The summed E-state index contributed by atoms with van der Waals surface area (Å²) < 4.78 is 34.0. The van der Waals surface area contributed by atoms with Gasteiger partial charge in [0.05, 0.1) is 17.8 Å². The molecule has 2 saturated heterocycles. The normalized spacial score (nSPS) is 18.3. The van der Waals surface area contributed by atoms with Crippen molar-refractivity contribution in [2.75, 3.05) is 57.3 Å². The van der Waals surface area contributed by atoms with E-state index in [0.717, 1.165) is 16.7 Å². The first-order valence-electron chi connectivity index (χ1n) is 30.4. The van der Waals surface area contributed by atoms with Crippen molar-refractivity contribution in [3.8, 4) is 0 Å². The standard InChI is InChI=1S/C53H97N12O21P3S2/c1-9-32(5)43(49(73)58-29-41(67)62-44(33(6)10-2)50(74)59-34(7)45(69)61-37(27-31(3)4)47(71)57-22-16-20-55-23-26-91-89(84,85)86)63-48(72)38-17-14-25-64(38)51(75)35(8)60-46(70)36(54)30-90-39-28-42(68)65(52(39)76)24-13-11-12-18-40(66)56-21-15-19-53(77,87(78,79)80)88(81,82)83/h31-39,43-44,55,77H,9-30,54H2,1-8H3,(H,56,66)(H,57,71)(H,58,73)(H,59,74)(H,60,70)(H,61,69)(H,62,67)(H,63,72)(H2,78,79,80)(H2,81,82,83)(H2,84,85,86)/t32-,33-,34-,35-,36-,37-,38-,39?,43-,44-/m0/s1. The van der Waals surface area contributed by atoms with Gasteiger partial charge in [0, 0.05) is 63.5 Å². The number of hydrogen-bond acceptors (Lipinski definition) is 19. The first-order chi connectivity index (χ1) is 42.3. The Bertz CT molecular complexity index is 2630. The van der Waals surface area contributed by atoms with Gasteiger partial charge in [-0.05, 0) is 94.5 Å². The Morgan fingerprint density at radius 1 is 0.670 bits per heavy atom. The molecule has 0 aromatic heterocycles. The summed E-state index contributed by atoms with van der Waals surface area (Å²) in [6.07, 6.45) is 1.81. The molecule has 10 atom stereocenters. The Morgan fingerprint density at radius 3 is 1.87 bits per heavy atom. The highest BCUT2D eigenvalue weighted by Crippen LogP contribution is 2.69. The van der Waals surface area contributed by atoms with Crippen LogP contribution in [-0.2, 0) is 66.4 Å². The number of imide groups is 1. The molecule has 0 aromatic rings. The molecular weight excluding hydrogens is 1300 g/mol. The molecule has 0 bridgehead atoms. The van der Waals surface area contributed by atoms with Gasteiger partial charge in [-0.25, -0.2) is 4.57 Å². The number of rotatable bonds is 43. The summed E-state index contributed by atoms with van der Waals surface area (Å²) in [4.78, 5) is 204. The van der Waals surface area contributed by atoms with Gasteiger partial charge < -0.3 is 93.0 Å². The second-order valence-corrected chi connectivity index (χ2v) is 32.3. The van der Waals surface area contributed by atoms with Crippen molar-refractivity contribution in [1.82, 2.24) is 57.7 Å². The number of aliphatic hydroxyl groups is 1. The average molecular weight is 1400 g/mol. The summed E-state index contributed by atoms with van der Waals surface area (Å²) in [6, 6.07) is -7.85. The molecule has 1 unspecified atom stereocenters. The molecular formula is C53H97N12O21P3S2. The van der Waals surface area contributed by atoms with E-state index in [-0.39, 0.29) is 75.7 Å². The summed E-state index contributed by atoms with van der Waals surface area (Å²) in [5.74, 6) is -7.54. The molecule has 522 valence electrons. The van der Waals surface area contributed by atoms with Crippen LogP contribution in [0.3, 0.4) is 0 Å². The molecule has 0 radical (unpaired) electrons. The van der Waals surface area contributed by atoms with Gasteiger partial charge in [0.2, 0.25) is 65.0 Å². The zero-order valence-corrected chi connectivity index (χ0v) is 57.2. The van der Waals surface area contributed by atoms with E-state index in [0.29, 0.717) is 69.4 Å². The van der Waals surface area contributed by atoms with Crippen molar-refractivity contribution >= 4 is 110 Å². The van der Waals surface area contributed by atoms with E-state index in [1.165, 1.54) is 18.7 Å². The molecule has 11 amide bonds. The van der Waals surface area contributed by atoms with Gasteiger partial charge in [-0.2, -0.15) is 0 Å². The molecule has 38 heteroatoms. The zero-order chi connectivity index (χ0) is 69.2. The number of carbonyl (C=O) groups is 11. The Balaban J connectivity index is 1.90. The number of carbonyl (C=O) groups excluding carboxylic acids is 11. The minimum atomic E-state index is -5.62. The monoisotopic (exact) mass is 1390 g/mol. The third kappa shape index (κ3) is 28.1. The predicted octanol–water partition coefficient (Wildman–Crippen LogP) is -1.74. The van der Waals surface area contributed by atoms with Gasteiger partial charge in [0.15, 0.2) is 0 Å². The van der Waals surface area contributed by atoms with Gasteiger partial charge >= 0.3 is 22.0 Å². The SMILES string of the molecule is CC[C@H](C)[C@H](NC(=O)CNC(=O)[C@@H](NC(=O)[C@@H]1CCCN1C(=O)[C@H](C)NC(=O)[C@@H](N)CSC1CC(=O)N(CCCCCC(=O)NCCCC(O)(P(=O)(O)O)P(=O)(O)O)C1=O)[C@@H](C)CC)C(=O)N[C@@H](C)C(=O)N[C@@H](CC(C)C)C(=O)NCCCNCCSP(=O)(O)O. The molecule has 2 fully saturated rings. The highest BCUT2D eigenvalue weighted by atomic mass is 32.7. The van der Waals surface area contributed by atoms with Crippen LogP contribution in [0.4, 0.5) is 0 Å². The number of nitrogens with zero attached hydrogens (tertiary/aromatic N) is 2.